The highest BCUT2D eigenvalue weighted by atomic mass is 16.5. The first-order chi connectivity index (χ1) is 6.83. The monoisotopic (exact) mass is 200 g/mol. The zero-order valence-electron chi connectivity index (χ0n) is 9.30. The number of nitrogens with one attached hydrogen (secondary N) is 1. The predicted molar refractivity (Wildman–Crippen MR) is 59.2 cm³/mol. The third-order valence-corrected chi connectivity index (χ3v) is 2.59. The van der Waals surface area contributed by atoms with Gasteiger partial charge in [0, 0.05) is 13.2 Å². The van der Waals surface area contributed by atoms with Gasteiger partial charge >= 0.3 is 0 Å². The molecule has 1 atom stereocenters. The summed E-state index contributed by atoms with van der Waals surface area (Å²) in [6.45, 7) is 6.90. The summed E-state index contributed by atoms with van der Waals surface area (Å²) in [4.78, 5) is 0. The van der Waals surface area contributed by atoms with Crippen molar-refractivity contribution in [2.75, 3.05) is 32.8 Å². The van der Waals surface area contributed by atoms with Crippen molar-refractivity contribution < 1.29 is 4.74 Å². The first-order valence-corrected chi connectivity index (χ1v) is 5.81. The Hall–Kier alpha value is -0.120. The summed E-state index contributed by atoms with van der Waals surface area (Å²) in [7, 11) is 0. The van der Waals surface area contributed by atoms with E-state index in [1.807, 2.05) is 0 Å². The van der Waals surface area contributed by atoms with Gasteiger partial charge in [0.05, 0.1) is 0 Å². The van der Waals surface area contributed by atoms with E-state index >= 15 is 0 Å². The Morgan fingerprint density at radius 2 is 2.29 bits per heavy atom. The van der Waals surface area contributed by atoms with Gasteiger partial charge in [-0.2, -0.15) is 0 Å². The summed E-state index contributed by atoms with van der Waals surface area (Å²) in [5, 5.41) is 3.38. The van der Waals surface area contributed by atoms with Gasteiger partial charge in [-0.1, -0.05) is 6.92 Å². The second-order valence-corrected chi connectivity index (χ2v) is 4.42. The first-order valence-electron chi connectivity index (χ1n) is 5.81. The van der Waals surface area contributed by atoms with Crippen LogP contribution in [-0.4, -0.2) is 32.8 Å². The maximum atomic E-state index is 5.53. The SMILES string of the molecule is CC(CN)CNCCCOCC1CC1. The van der Waals surface area contributed by atoms with Crippen LogP contribution in [0.4, 0.5) is 0 Å². The molecule has 0 bridgehead atoms. The van der Waals surface area contributed by atoms with Crippen molar-refractivity contribution in [1.82, 2.24) is 5.32 Å². The largest absolute Gasteiger partial charge is 0.381 e. The van der Waals surface area contributed by atoms with Crippen LogP contribution in [0, 0.1) is 11.8 Å². The highest BCUT2D eigenvalue weighted by Gasteiger charge is 2.20. The highest BCUT2D eigenvalue weighted by Crippen LogP contribution is 2.28. The van der Waals surface area contributed by atoms with Crippen molar-refractivity contribution in [2.24, 2.45) is 17.6 Å². The minimum atomic E-state index is 0.586. The van der Waals surface area contributed by atoms with Crippen molar-refractivity contribution in [3.8, 4) is 0 Å². The lowest BCUT2D eigenvalue weighted by atomic mass is 10.2. The third-order valence-electron chi connectivity index (χ3n) is 2.59. The standard InChI is InChI=1S/C11H24N2O/c1-10(7-12)8-13-5-2-6-14-9-11-3-4-11/h10-11,13H,2-9,12H2,1H3. The van der Waals surface area contributed by atoms with Crippen molar-refractivity contribution in [1.29, 1.82) is 0 Å². The molecule has 3 N–H and O–H groups in total. The van der Waals surface area contributed by atoms with E-state index in [9.17, 15) is 0 Å². The molecule has 0 aromatic carbocycles. The van der Waals surface area contributed by atoms with Crippen LogP contribution in [0.25, 0.3) is 0 Å². The number of ether oxygens (including phenoxy) is 1. The zero-order chi connectivity index (χ0) is 10.2. The molecule has 3 heteroatoms. The Labute approximate surface area is 87.4 Å². The fourth-order valence-electron chi connectivity index (χ4n) is 1.27. The molecule has 0 radical (unpaired) electrons. The molecular formula is C11H24N2O. The highest BCUT2D eigenvalue weighted by molar-refractivity contribution is 4.71. The topological polar surface area (TPSA) is 47.3 Å². The molecule has 0 aliphatic heterocycles. The summed E-state index contributed by atoms with van der Waals surface area (Å²) in [5.41, 5.74) is 5.51. The van der Waals surface area contributed by atoms with Crippen molar-refractivity contribution in [3.05, 3.63) is 0 Å². The van der Waals surface area contributed by atoms with E-state index in [0.29, 0.717) is 5.92 Å². The molecule has 0 aromatic heterocycles. The molecule has 1 aliphatic rings. The van der Waals surface area contributed by atoms with Gasteiger partial charge in [-0.25, -0.2) is 0 Å². The van der Waals surface area contributed by atoms with Crippen LogP contribution in [0.1, 0.15) is 26.2 Å². The average molecular weight is 200 g/mol. The van der Waals surface area contributed by atoms with Crippen LogP contribution in [-0.2, 0) is 4.74 Å². The second kappa shape index (κ2) is 7.21. The fraction of sp³-hybridized carbons (Fsp3) is 1.00. The molecule has 1 aliphatic carbocycles. The minimum absolute atomic E-state index is 0.586. The van der Waals surface area contributed by atoms with Gasteiger partial charge in [0.2, 0.25) is 0 Å². The van der Waals surface area contributed by atoms with E-state index in [1.165, 1.54) is 12.8 Å². The average Bonchev–Trinajstić information content (AvgIpc) is 2.99. The smallest absolute Gasteiger partial charge is 0.0494 e. The Kier molecular flexibility index (Phi) is 6.15. The lowest BCUT2D eigenvalue weighted by molar-refractivity contribution is 0.122. The van der Waals surface area contributed by atoms with E-state index in [4.69, 9.17) is 10.5 Å². The van der Waals surface area contributed by atoms with Crippen LogP contribution in [0.5, 0.6) is 0 Å². The second-order valence-electron chi connectivity index (χ2n) is 4.42. The van der Waals surface area contributed by atoms with Crippen LogP contribution in [0.3, 0.4) is 0 Å². The molecule has 0 saturated heterocycles. The van der Waals surface area contributed by atoms with Gasteiger partial charge in [0.15, 0.2) is 0 Å². The quantitative estimate of drug-likeness (QED) is 0.546. The fourth-order valence-corrected chi connectivity index (χ4v) is 1.27. The lowest BCUT2D eigenvalue weighted by Crippen LogP contribution is -2.27. The van der Waals surface area contributed by atoms with E-state index in [2.05, 4.69) is 12.2 Å². The molecule has 14 heavy (non-hydrogen) atoms. The maximum absolute atomic E-state index is 5.53. The van der Waals surface area contributed by atoms with Gasteiger partial charge < -0.3 is 15.8 Å². The number of nitrogens with two attached hydrogens (primary N) is 1. The Morgan fingerprint density at radius 3 is 2.93 bits per heavy atom. The van der Waals surface area contributed by atoms with Crippen LogP contribution in [0.15, 0.2) is 0 Å². The van der Waals surface area contributed by atoms with Gasteiger partial charge in [-0.3, -0.25) is 0 Å². The van der Waals surface area contributed by atoms with Gasteiger partial charge in [0.25, 0.3) is 0 Å². The van der Waals surface area contributed by atoms with Crippen molar-refractivity contribution in [2.45, 2.75) is 26.2 Å². The molecule has 1 rings (SSSR count). The molecule has 1 saturated carbocycles. The molecule has 0 heterocycles. The Balaban J connectivity index is 1.70. The summed E-state index contributed by atoms with van der Waals surface area (Å²) in [5.74, 6) is 1.47. The first kappa shape index (κ1) is 12.0. The van der Waals surface area contributed by atoms with E-state index in [1.54, 1.807) is 0 Å². The summed E-state index contributed by atoms with van der Waals surface area (Å²) < 4.78 is 5.53. The minimum Gasteiger partial charge on any atom is -0.381 e. The number of rotatable bonds is 9. The van der Waals surface area contributed by atoms with Gasteiger partial charge in [-0.15, -0.1) is 0 Å². The van der Waals surface area contributed by atoms with Gasteiger partial charge in [-0.05, 0) is 50.7 Å². The molecule has 84 valence electrons. The van der Waals surface area contributed by atoms with Crippen LogP contribution in [0.2, 0.25) is 0 Å². The molecule has 1 unspecified atom stereocenters. The van der Waals surface area contributed by atoms with Crippen LogP contribution >= 0.6 is 0 Å². The number of hydrogen-bond acceptors (Lipinski definition) is 3. The zero-order valence-corrected chi connectivity index (χ0v) is 9.30. The van der Waals surface area contributed by atoms with Gasteiger partial charge in [0.1, 0.15) is 0 Å². The predicted octanol–water partition coefficient (Wildman–Crippen LogP) is 0.987. The van der Waals surface area contributed by atoms with E-state index < -0.39 is 0 Å². The lowest BCUT2D eigenvalue weighted by Gasteiger charge is -2.09. The normalized spacial score (nSPS) is 18.4. The molecular weight excluding hydrogens is 176 g/mol. The van der Waals surface area contributed by atoms with Crippen LogP contribution < -0.4 is 11.1 Å². The molecule has 0 aromatic rings. The summed E-state index contributed by atoms with van der Waals surface area (Å²) in [6.07, 6.45) is 3.88. The number of hydrogen-bond donors (Lipinski definition) is 2. The van der Waals surface area contributed by atoms with Crippen molar-refractivity contribution >= 4 is 0 Å². The Morgan fingerprint density at radius 1 is 1.50 bits per heavy atom. The Bertz CT molecular complexity index is 137. The molecule has 1 fully saturated rings. The maximum Gasteiger partial charge on any atom is 0.0494 e. The molecule has 0 amide bonds. The third kappa shape index (κ3) is 6.35. The van der Waals surface area contributed by atoms with E-state index in [-0.39, 0.29) is 0 Å². The molecule has 0 spiro atoms. The summed E-state index contributed by atoms with van der Waals surface area (Å²) in [6, 6.07) is 0. The van der Waals surface area contributed by atoms with E-state index in [0.717, 1.165) is 45.2 Å². The van der Waals surface area contributed by atoms with Crippen molar-refractivity contribution in [3.63, 3.8) is 0 Å². The summed E-state index contributed by atoms with van der Waals surface area (Å²) >= 11 is 0. The molecule has 3 nitrogen and oxygen atoms in total.